The molecule has 1 rings (SSSR count). The Labute approximate surface area is 86.6 Å². The SMILES string of the molecule is CC(C)(C)C1CCC(N=C=S)CC1. The second-order valence-electron chi connectivity index (χ2n) is 5.09. The van der Waals surface area contributed by atoms with E-state index in [0.717, 1.165) is 5.92 Å². The maximum Gasteiger partial charge on any atom is 0.0603 e. The van der Waals surface area contributed by atoms with Crippen LogP contribution in [0.4, 0.5) is 0 Å². The van der Waals surface area contributed by atoms with Gasteiger partial charge in [0.25, 0.3) is 0 Å². The Hall–Kier alpha value is -0.200. The molecule has 1 fully saturated rings. The van der Waals surface area contributed by atoms with E-state index < -0.39 is 0 Å². The van der Waals surface area contributed by atoms with Crippen molar-refractivity contribution in [1.29, 1.82) is 0 Å². The van der Waals surface area contributed by atoms with E-state index in [9.17, 15) is 0 Å². The van der Waals surface area contributed by atoms with Crippen LogP contribution in [0, 0.1) is 11.3 Å². The lowest BCUT2D eigenvalue weighted by Crippen LogP contribution is -2.27. The van der Waals surface area contributed by atoms with Crippen molar-refractivity contribution in [2.75, 3.05) is 0 Å². The minimum absolute atomic E-state index is 0.465. The van der Waals surface area contributed by atoms with Gasteiger partial charge in [0.1, 0.15) is 0 Å². The van der Waals surface area contributed by atoms with Crippen LogP contribution < -0.4 is 0 Å². The van der Waals surface area contributed by atoms with E-state index in [4.69, 9.17) is 0 Å². The zero-order valence-corrected chi connectivity index (χ0v) is 9.66. The molecule has 1 nitrogen and oxygen atoms in total. The molecule has 13 heavy (non-hydrogen) atoms. The third-order valence-electron chi connectivity index (χ3n) is 3.16. The summed E-state index contributed by atoms with van der Waals surface area (Å²) >= 11 is 4.62. The lowest BCUT2D eigenvalue weighted by Gasteiger charge is -2.35. The Kier molecular flexibility index (Phi) is 3.63. The van der Waals surface area contributed by atoms with E-state index in [1.54, 1.807) is 0 Å². The van der Waals surface area contributed by atoms with Crippen LogP contribution >= 0.6 is 12.2 Å². The summed E-state index contributed by atoms with van der Waals surface area (Å²) in [6.45, 7) is 7.00. The normalized spacial score (nSPS) is 29.5. The van der Waals surface area contributed by atoms with Crippen molar-refractivity contribution in [2.24, 2.45) is 16.3 Å². The summed E-state index contributed by atoms with van der Waals surface area (Å²) in [5.74, 6) is 0.865. The molecule has 0 N–H and O–H groups in total. The topological polar surface area (TPSA) is 12.4 Å². The molecule has 0 aliphatic heterocycles. The lowest BCUT2D eigenvalue weighted by molar-refractivity contribution is 0.170. The van der Waals surface area contributed by atoms with E-state index in [2.05, 4.69) is 43.1 Å². The molecule has 0 unspecified atom stereocenters. The highest BCUT2D eigenvalue weighted by Crippen LogP contribution is 2.38. The lowest BCUT2D eigenvalue weighted by atomic mass is 9.71. The van der Waals surface area contributed by atoms with Crippen molar-refractivity contribution < 1.29 is 0 Å². The second-order valence-corrected chi connectivity index (χ2v) is 5.27. The maximum absolute atomic E-state index is 4.62. The maximum atomic E-state index is 4.62. The zero-order chi connectivity index (χ0) is 9.90. The highest BCUT2D eigenvalue weighted by Gasteiger charge is 2.29. The predicted molar refractivity (Wildman–Crippen MR) is 60.2 cm³/mol. The van der Waals surface area contributed by atoms with Gasteiger partial charge < -0.3 is 0 Å². The van der Waals surface area contributed by atoms with Gasteiger partial charge in [0, 0.05) is 0 Å². The smallest absolute Gasteiger partial charge is 0.0603 e. The summed E-state index contributed by atoms with van der Waals surface area (Å²) in [4.78, 5) is 4.16. The van der Waals surface area contributed by atoms with E-state index in [1.807, 2.05) is 0 Å². The van der Waals surface area contributed by atoms with Crippen LogP contribution in [0.15, 0.2) is 4.99 Å². The van der Waals surface area contributed by atoms with Gasteiger partial charge in [-0.25, -0.2) is 4.99 Å². The molecule has 1 aliphatic carbocycles. The van der Waals surface area contributed by atoms with Crippen molar-refractivity contribution in [3.8, 4) is 0 Å². The number of rotatable bonds is 1. The monoisotopic (exact) mass is 197 g/mol. The van der Waals surface area contributed by atoms with Crippen molar-refractivity contribution >= 4 is 17.4 Å². The first-order valence-corrected chi connectivity index (χ1v) is 5.52. The highest BCUT2D eigenvalue weighted by molar-refractivity contribution is 7.78. The second kappa shape index (κ2) is 4.34. The van der Waals surface area contributed by atoms with Crippen molar-refractivity contribution in [3.05, 3.63) is 0 Å². The molecule has 1 saturated carbocycles. The summed E-state index contributed by atoms with van der Waals surface area (Å²) in [7, 11) is 0. The molecule has 0 heterocycles. The van der Waals surface area contributed by atoms with Crippen LogP contribution in [-0.4, -0.2) is 11.2 Å². The average molecular weight is 197 g/mol. The Morgan fingerprint density at radius 1 is 1.15 bits per heavy atom. The number of thiocarbonyl (C=S) groups is 1. The van der Waals surface area contributed by atoms with Gasteiger partial charge in [-0.15, -0.1) is 0 Å². The molecule has 0 amide bonds. The molecule has 0 aromatic heterocycles. The Balaban J connectivity index is 2.43. The fourth-order valence-electron chi connectivity index (χ4n) is 2.15. The van der Waals surface area contributed by atoms with Crippen LogP contribution in [0.2, 0.25) is 0 Å². The summed E-state index contributed by atoms with van der Waals surface area (Å²) in [5.41, 5.74) is 0.465. The van der Waals surface area contributed by atoms with Crippen LogP contribution in [-0.2, 0) is 0 Å². The van der Waals surface area contributed by atoms with E-state index in [0.29, 0.717) is 11.5 Å². The largest absolute Gasteiger partial charge is 0.229 e. The average Bonchev–Trinajstić information content (AvgIpc) is 2.04. The minimum Gasteiger partial charge on any atom is -0.229 e. The van der Waals surface area contributed by atoms with Crippen molar-refractivity contribution in [3.63, 3.8) is 0 Å². The van der Waals surface area contributed by atoms with Crippen LogP contribution in [0.1, 0.15) is 46.5 Å². The van der Waals surface area contributed by atoms with Crippen LogP contribution in [0.5, 0.6) is 0 Å². The fourth-order valence-corrected chi connectivity index (χ4v) is 2.29. The van der Waals surface area contributed by atoms with Gasteiger partial charge in [-0.05, 0) is 49.2 Å². The molecule has 0 saturated heterocycles. The minimum atomic E-state index is 0.465. The van der Waals surface area contributed by atoms with Gasteiger partial charge in [0.2, 0.25) is 0 Å². The molecule has 1 aliphatic rings. The zero-order valence-electron chi connectivity index (χ0n) is 8.84. The van der Waals surface area contributed by atoms with Gasteiger partial charge in [0.15, 0.2) is 0 Å². The first-order valence-electron chi connectivity index (χ1n) is 5.11. The van der Waals surface area contributed by atoms with Crippen molar-refractivity contribution in [2.45, 2.75) is 52.5 Å². The third kappa shape index (κ3) is 3.21. The van der Waals surface area contributed by atoms with E-state index in [-0.39, 0.29) is 0 Å². The highest BCUT2D eigenvalue weighted by atomic mass is 32.1. The van der Waals surface area contributed by atoms with Gasteiger partial charge >= 0.3 is 0 Å². The number of hydrogen-bond donors (Lipinski definition) is 0. The first kappa shape index (κ1) is 10.9. The molecule has 0 spiro atoms. The number of nitrogens with zero attached hydrogens (tertiary/aromatic N) is 1. The number of isothiocyanates is 1. The quantitative estimate of drug-likeness (QED) is 0.461. The molecule has 74 valence electrons. The number of aliphatic imine (C=N–C) groups is 1. The predicted octanol–water partition coefficient (Wildman–Crippen LogP) is 3.69. The fraction of sp³-hybridized carbons (Fsp3) is 0.909. The van der Waals surface area contributed by atoms with E-state index in [1.165, 1.54) is 25.7 Å². The summed E-state index contributed by atoms with van der Waals surface area (Å²) in [6, 6.07) is 0.469. The Morgan fingerprint density at radius 3 is 2.08 bits per heavy atom. The standard InChI is InChI=1S/C11H19NS/c1-11(2,3)9-4-6-10(7-5-9)12-8-13/h9-10H,4-7H2,1-3H3. The summed E-state index contributed by atoms with van der Waals surface area (Å²) < 4.78 is 0. The van der Waals surface area contributed by atoms with Crippen LogP contribution in [0.3, 0.4) is 0 Å². The molecule has 0 radical (unpaired) electrons. The molecular weight excluding hydrogens is 178 g/mol. The van der Waals surface area contributed by atoms with Crippen molar-refractivity contribution in [1.82, 2.24) is 0 Å². The van der Waals surface area contributed by atoms with E-state index >= 15 is 0 Å². The summed E-state index contributed by atoms with van der Waals surface area (Å²) in [5, 5.41) is 2.50. The van der Waals surface area contributed by atoms with Crippen LogP contribution in [0.25, 0.3) is 0 Å². The summed E-state index contributed by atoms with van der Waals surface area (Å²) in [6.07, 6.45) is 5.00. The molecular formula is C11H19NS. The number of hydrogen-bond acceptors (Lipinski definition) is 2. The Morgan fingerprint density at radius 2 is 1.69 bits per heavy atom. The molecule has 0 bridgehead atoms. The molecule has 0 aromatic carbocycles. The third-order valence-corrected chi connectivity index (χ3v) is 3.26. The molecule has 0 atom stereocenters. The van der Waals surface area contributed by atoms with Gasteiger partial charge in [0.05, 0.1) is 11.2 Å². The van der Waals surface area contributed by atoms with Gasteiger partial charge in [-0.3, -0.25) is 0 Å². The van der Waals surface area contributed by atoms with Gasteiger partial charge in [-0.2, -0.15) is 0 Å². The molecule has 0 aromatic rings. The first-order chi connectivity index (χ1) is 6.04. The molecule has 2 heteroatoms. The van der Waals surface area contributed by atoms with Gasteiger partial charge in [-0.1, -0.05) is 20.8 Å². The Bertz CT molecular complexity index is 203.